The largest absolute Gasteiger partial charge is 0.504 e. The number of aromatic hydroxyl groups is 1. The van der Waals surface area contributed by atoms with Crippen LogP contribution in [-0.4, -0.2) is 23.3 Å². The molecule has 0 radical (unpaired) electrons. The molecule has 0 unspecified atom stereocenters. The van der Waals surface area contributed by atoms with Gasteiger partial charge in [-0.3, -0.25) is 0 Å². The summed E-state index contributed by atoms with van der Waals surface area (Å²) in [6, 6.07) is 0.688. The molecule has 0 atom stereocenters. The van der Waals surface area contributed by atoms with Crippen LogP contribution < -0.4 is 4.74 Å². The lowest BCUT2D eigenvalue weighted by Crippen LogP contribution is -2.03. The highest BCUT2D eigenvalue weighted by Gasteiger charge is 2.21. The van der Waals surface area contributed by atoms with Crippen LogP contribution in [0.1, 0.15) is 10.4 Å². The van der Waals surface area contributed by atoms with Crippen LogP contribution in [0.15, 0.2) is 10.5 Å². The van der Waals surface area contributed by atoms with Crippen LogP contribution in [0.4, 0.5) is 4.39 Å². The lowest BCUT2D eigenvalue weighted by atomic mass is 10.2. The predicted molar refractivity (Wildman–Crippen MR) is 49.3 cm³/mol. The fourth-order valence-corrected chi connectivity index (χ4v) is 1.70. The fraction of sp³-hybridized carbons (Fsp3) is 0.125. The summed E-state index contributed by atoms with van der Waals surface area (Å²) in [6.45, 7) is 0. The smallest absolute Gasteiger partial charge is 0.339 e. The number of carbonyl (C=O) groups is 1. The molecule has 1 rings (SSSR count). The summed E-state index contributed by atoms with van der Waals surface area (Å²) in [5.41, 5.74) is -0.570. The summed E-state index contributed by atoms with van der Waals surface area (Å²) in [6.07, 6.45) is 0. The van der Waals surface area contributed by atoms with Crippen molar-refractivity contribution in [3.8, 4) is 11.5 Å². The molecule has 0 saturated carbocycles. The van der Waals surface area contributed by atoms with Crippen LogP contribution in [0.2, 0.25) is 0 Å². The third kappa shape index (κ3) is 1.65. The number of rotatable bonds is 2. The third-order valence-corrected chi connectivity index (χ3v) is 2.33. The first-order valence-electron chi connectivity index (χ1n) is 3.47. The van der Waals surface area contributed by atoms with E-state index in [1.807, 2.05) is 0 Å². The maximum Gasteiger partial charge on any atom is 0.339 e. The quantitative estimate of drug-likeness (QED) is 0.858. The Hall–Kier alpha value is -1.30. The molecular formula is C8H6BrFO4. The van der Waals surface area contributed by atoms with E-state index in [-0.39, 0.29) is 10.2 Å². The average molecular weight is 265 g/mol. The van der Waals surface area contributed by atoms with Crippen LogP contribution in [0.5, 0.6) is 11.5 Å². The summed E-state index contributed by atoms with van der Waals surface area (Å²) in [5.74, 6) is -3.03. The van der Waals surface area contributed by atoms with Gasteiger partial charge in [0.1, 0.15) is 11.4 Å². The van der Waals surface area contributed by atoms with Crippen LogP contribution in [-0.2, 0) is 0 Å². The van der Waals surface area contributed by atoms with Gasteiger partial charge in [0.15, 0.2) is 11.5 Å². The maximum atomic E-state index is 13.1. The highest BCUT2D eigenvalue weighted by Crippen LogP contribution is 2.38. The van der Waals surface area contributed by atoms with Gasteiger partial charge >= 0.3 is 5.97 Å². The number of aromatic carboxylic acids is 1. The van der Waals surface area contributed by atoms with E-state index in [9.17, 15) is 14.3 Å². The number of benzene rings is 1. The number of methoxy groups -OCH3 is 1. The molecule has 2 N–H and O–H groups in total. The Kier molecular flexibility index (Phi) is 2.95. The molecule has 0 aliphatic rings. The Morgan fingerprint density at radius 3 is 2.64 bits per heavy atom. The van der Waals surface area contributed by atoms with E-state index < -0.39 is 23.1 Å². The molecule has 0 saturated heterocycles. The first kappa shape index (κ1) is 10.8. The summed E-state index contributed by atoms with van der Waals surface area (Å²) >= 11 is 2.84. The number of hydrogen-bond donors (Lipinski definition) is 2. The second-order valence-electron chi connectivity index (χ2n) is 2.40. The number of halogens is 2. The highest BCUT2D eigenvalue weighted by molar-refractivity contribution is 9.10. The molecule has 4 nitrogen and oxygen atoms in total. The Bertz CT molecular complexity index is 391. The summed E-state index contributed by atoms with van der Waals surface area (Å²) < 4.78 is 17.6. The van der Waals surface area contributed by atoms with E-state index in [2.05, 4.69) is 15.9 Å². The van der Waals surface area contributed by atoms with Crippen molar-refractivity contribution in [1.82, 2.24) is 0 Å². The minimum atomic E-state index is -1.44. The van der Waals surface area contributed by atoms with E-state index in [0.717, 1.165) is 0 Å². The summed E-state index contributed by atoms with van der Waals surface area (Å²) in [5, 5.41) is 17.8. The number of ether oxygens (including phenoxy) is 1. The topological polar surface area (TPSA) is 66.8 Å². The minimum absolute atomic E-state index is 0.108. The molecule has 0 bridgehead atoms. The van der Waals surface area contributed by atoms with Gasteiger partial charge in [-0.25, -0.2) is 9.18 Å². The molecule has 14 heavy (non-hydrogen) atoms. The number of carboxylic acids is 1. The molecule has 0 heterocycles. The highest BCUT2D eigenvalue weighted by atomic mass is 79.9. The SMILES string of the molecule is COc1c(O)cc(F)c(C(=O)O)c1Br. The van der Waals surface area contributed by atoms with Crippen molar-refractivity contribution in [2.24, 2.45) is 0 Å². The van der Waals surface area contributed by atoms with Gasteiger partial charge in [0.25, 0.3) is 0 Å². The Labute approximate surface area is 87.1 Å². The van der Waals surface area contributed by atoms with E-state index in [1.54, 1.807) is 0 Å². The molecule has 0 aliphatic carbocycles. The van der Waals surface area contributed by atoms with E-state index >= 15 is 0 Å². The molecule has 6 heteroatoms. The number of carboxylic acid groups (broad SMARTS) is 1. The summed E-state index contributed by atoms with van der Waals surface area (Å²) in [7, 11) is 1.24. The lowest BCUT2D eigenvalue weighted by Gasteiger charge is -2.08. The minimum Gasteiger partial charge on any atom is -0.504 e. The van der Waals surface area contributed by atoms with Crippen molar-refractivity contribution in [1.29, 1.82) is 0 Å². The third-order valence-electron chi connectivity index (χ3n) is 1.57. The zero-order chi connectivity index (χ0) is 10.9. The molecule has 0 spiro atoms. The van der Waals surface area contributed by atoms with E-state index in [1.165, 1.54) is 7.11 Å². The zero-order valence-electron chi connectivity index (χ0n) is 7.04. The van der Waals surface area contributed by atoms with Crippen LogP contribution in [0.25, 0.3) is 0 Å². The maximum absolute atomic E-state index is 13.1. The van der Waals surface area contributed by atoms with Crippen molar-refractivity contribution >= 4 is 21.9 Å². The first-order valence-corrected chi connectivity index (χ1v) is 4.26. The fourth-order valence-electron chi connectivity index (χ4n) is 0.979. The van der Waals surface area contributed by atoms with Gasteiger partial charge in [-0.05, 0) is 15.9 Å². The predicted octanol–water partition coefficient (Wildman–Crippen LogP) is 2.00. The Morgan fingerprint density at radius 1 is 1.64 bits per heavy atom. The van der Waals surface area contributed by atoms with Crippen molar-refractivity contribution < 1.29 is 24.1 Å². The van der Waals surface area contributed by atoms with Crippen LogP contribution >= 0.6 is 15.9 Å². The second kappa shape index (κ2) is 3.83. The van der Waals surface area contributed by atoms with Crippen LogP contribution in [0.3, 0.4) is 0 Å². The molecule has 1 aromatic carbocycles. The Morgan fingerprint density at radius 2 is 2.21 bits per heavy atom. The van der Waals surface area contributed by atoms with Gasteiger partial charge in [0.2, 0.25) is 0 Å². The molecule has 0 amide bonds. The van der Waals surface area contributed by atoms with Gasteiger partial charge in [-0.15, -0.1) is 0 Å². The second-order valence-corrected chi connectivity index (χ2v) is 3.20. The normalized spacial score (nSPS) is 9.93. The van der Waals surface area contributed by atoms with E-state index in [4.69, 9.17) is 9.84 Å². The number of hydrogen-bond acceptors (Lipinski definition) is 3. The van der Waals surface area contributed by atoms with Crippen molar-refractivity contribution in [2.75, 3.05) is 7.11 Å². The first-order chi connectivity index (χ1) is 6.49. The van der Waals surface area contributed by atoms with Gasteiger partial charge in [-0.1, -0.05) is 0 Å². The molecule has 0 aliphatic heterocycles. The van der Waals surface area contributed by atoms with Crippen molar-refractivity contribution in [2.45, 2.75) is 0 Å². The molecular weight excluding hydrogens is 259 g/mol. The zero-order valence-corrected chi connectivity index (χ0v) is 8.63. The van der Waals surface area contributed by atoms with Gasteiger partial charge in [0.05, 0.1) is 11.6 Å². The average Bonchev–Trinajstić information content (AvgIpc) is 2.02. The lowest BCUT2D eigenvalue weighted by molar-refractivity contribution is 0.0690. The number of phenols is 1. The van der Waals surface area contributed by atoms with Crippen LogP contribution in [0, 0.1) is 5.82 Å². The monoisotopic (exact) mass is 264 g/mol. The van der Waals surface area contributed by atoms with Crippen molar-refractivity contribution in [3.63, 3.8) is 0 Å². The van der Waals surface area contributed by atoms with Gasteiger partial charge in [0, 0.05) is 6.07 Å². The summed E-state index contributed by atoms with van der Waals surface area (Å²) in [4.78, 5) is 10.6. The molecule has 0 aromatic heterocycles. The standard InChI is InChI=1S/C8H6BrFO4/c1-14-7-4(11)2-3(10)5(6(7)9)8(12)13/h2,11H,1H3,(H,12,13). The van der Waals surface area contributed by atoms with E-state index in [0.29, 0.717) is 6.07 Å². The van der Waals surface area contributed by atoms with Crippen molar-refractivity contribution in [3.05, 3.63) is 21.9 Å². The Balaban J connectivity index is 3.52. The molecule has 76 valence electrons. The van der Waals surface area contributed by atoms with Gasteiger partial charge < -0.3 is 14.9 Å². The molecule has 1 aromatic rings. The molecule has 0 fully saturated rings. The number of phenolic OH excluding ortho intramolecular Hbond substituents is 1. The van der Waals surface area contributed by atoms with Gasteiger partial charge in [-0.2, -0.15) is 0 Å².